The van der Waals surface area contributed by atoms with E-state index in [0.29, 0.717) is 48.4 Å². The minimum absolute atomic E-state index is 0.0514. The average Bonchev–Trinajstić information content (AvgIpc) is 3.36. The largest absolute Gasteiger partial charge is 0.508 e. The number of carbonyl (C=O) groups is 3. The Hall–Kier alpha value is -4.24. The minimum atomic E-state index is -0.741. The summed E-state index contributed by atoms with van der Waals surface area (Å²) < 4.78 is 14.9. The third-order valence-corrected chi connectivity index (χ3v) is 8.01. The zero-order valence-corrected chi connectivity index (χ0v) is 22.2. The second-order valence-electron chi connectivity index (χ2n) is 10.5. The summed E-state index contributed by atoms with van der Waals surface area (Å²) in [6.07, 6.45) is 0. The first-order valence-corrected chi connectivity index (χ1v) is 13.4. The Morgan fingerprint density at radius 3 is 2.00 bits per heavy atom. The van der Waals surface area contributed by atoms with Crippen LogP contribution in [0.25, 0.3) is 0 Å². The standard InChI is InChI=1S/C31H32FN3O5/c1-19-24(9-4-10-27(19)32)28-25(29(38)20-5-2-7-22(36)15-20)17-34(13-14-35-12-11-33-31(35)40)18-26(28)30(39)21-6-3-8-23(37)16-21/h2-10,15-16,25-26,28,36-37H,11-14,17-18H2,1H3,(H,33,40). The molecule has 2 fully saturated rings. The van der Waals surface area contributed by atoms with Crippen molar-refractivity contribution in [3.63, 3.8) is 0 Å². The van der Waals surface area contributed by atoms with Gasteiger partial charge in [0.25, 0.3) is 0 Å². The van der Waals surface area contributed by atoms with Crippen LogP contribution in [0.1, 0.15) is 37.8 Å². The molecule has 2 aliphatic rings. The summed E-state index contributed by atoms with van der Waals surface area (Å²) in [5.74, 6) is -3.19. The van der Waals surface area contributed by atoms with Crippen LogP contribution < -0.4 is 5.32 Å². The second kappa shape index (κ2) is 11.5. The Morgan fingerprint density at radius 1 is 0.900 bits per heavy atom. The van der Waals surface area contributed by atoms with E-state index in [1.807, 2.05) is 4.90 Å². The first-order valence-electron chi connectivity index (χ1n) is 13.4. The van der Waals surface area contributed by atoms with Gasteiger partial charge in [-0.25, -0.2) is 9.18 Å². The maximum atomic E-state index is 14.9. The third-order valence-electron chi connectivity index (χ3n) is 8.01. The van der Waals surface area contributed by atoms with Gasteiger partial charge in [0, 0.05) is 68.1 Å². The lowest BCUT2D eigenvalue weighted by Gasteiger charge is -2.44. The number of halogens is 1. The van der Waals surface area contributed by atoms with E-state index in [1.165, 1.54) is 30.3 Å². The molecule has 0 spiro atoms. The second-order valence-corrected chi connectivity index (χ2v) is 10.5. The number of hydrogen-bond acceptors (Lipinski definition) is 6. The van der Waals surface area contributed by atoms with Crippen LogP contribution in [0, 0.1) is 24.6 Å². The van der Waals surface area contributed by atoms with Gasteiger partial charge in [0.15, 0.2) is 11.6 Å². The quantitative estimate of drug-likeness (QED) is 0.370. The number of phenols is 2. The van der Waals surface area contributed by atoms with Gasteiger partial charge in [-0.15, -0.1) is 0 Å². The van der Waals surface area contributed by atoms with Crippen LogP contribution in [0.2, 0.25) is 0 Å². The number of nitrogens with one attached hydrogen (secondary N) is 1. The topological polar surface area (TPSA) is 110 Å². The Kier molecular flexibility index (Phi) is 7.84. The van der Waals surface area contributed by atoms with E-state index in [2.05, 4.69) is 5.32 Å². The van der Waals surface area contributed by atoms with Crippen molar-refractivity contribution in [1.29, 1.82) is 0 Å². The van der Waals surface area contributed by atoms with Gasteiger partial charge in [-0.1, -0.05) is 36.4 Å². The molecule has 0 bridgehead atoms. The molecular formula is C31H32FN3O5. The number of urea groups is 1. The van der Waals surface area contributed by atoms with E-state index < -0.39 is 23.6 Å². The van der Waals surface area contributed by atoms with Crippen molar-refractivity contribution in [2.24, 2.45) is 11.8 Å². The predicted molar refractivity (Wildman–Crippen MR) is 147 cm³/mol. The first kappa shape index (κ1) is 27.3. The zero-order chi connectivity index (χ0) is 28.4. The SMILES string of the molecule is Cc1c(F)cccc1C1C(C(=O)c2cccc(O)c2)CN(CCN2CCNC2=O)CC1C(=O)c1cccc(O)c1. The predicted octanol–water partition coefficient (Wildman–Crippen LogP) is 3.97. The number of rotatable bonds is 8. The van der Waals surface area contributed by atoms with Crippen LogP contribution in [-0.2, 0) is 0 Å². The molecule has 2 unspecified atom stereocenters. The molecule has 2 saturated heterocycles. The third kappa shape index (κ3) is 5.56. The molecule has 9 heteroatoms. The van der Waals surface area contributed by atoms with Gasteiger partial charge < -0.3 is 25.3 Å². The van der Waals surface area contributed by atoms with Crippen molar-refractivity contribution < 1.29 is 29.0 Å². The normalized spacial score (nSPS) is 21.3. The number of carbonyl (C=O) groups excluding carboxylic acids is 3. The van der Waals surface area contributed by atoms with Crippen LogP contribution >= 0.6 is 0 Å². The number of benzene rings is 3. The lowest BCUT2D eigenvalue weighted by atomic mass is 9.67. The van der Waals surface area contributed by atoms with Crippen LogP contribution in [-0.4, -0.2) is 76.9 Å². The van der Waals surface area contributed by atoms with Gasteiger partial charge in [0.2, 0.25) is 0 Å². The van der Waals surface area contributed by atoms with Crippen LogP contribution in [0.4, 0.5) is 9.18 Å². The Balaban J connectivity index is 1.58. The fourth-order valence-corrected chi connectivity index (χ4v) is 5.96. The van der Waals surface area contributed by atoms with E-state index in [9.17, 15) is 29.0 Å². The fourth-order valence-electron chi connectivity index (χ4n) is 5.96. The number of aromatic hydroxyl groups is 2. The maximum absolute atomic E-state index is 14.9. The molecule has 2 atom stereocenters. The molecule has 3 N–H and O–H groups in total. The highest BCUT2D eigenvalue weighted by Crippen LogP contribution is 2.42. The Morgan fingerprint density at radius 2 is 1.48 bits per heavy atom. The summed E-state index contributed by atoms with van der Waals surface area (Å²) in [6.45, 7) is 4.23. The van der Waals surface area contributed by atoms with Crippen LogP contribution in [0.15, 0.2) is 66.7 Å². The van der Waals surface area contributed by atoms with Crippen molar-refractivity contribution >= 4 is 17.6 Å². The van der Waals surface area contributed by atoms with E-state index in [0.717, 1.165) is 0 Å². The number of amides is 2. The van der Waals surface area contributed by atoms with E-state index in [4.69, 9.17) is 0 Å². The zero-order valence-electron chi connectivity index (χ0n) is 22.2. The molecule has 2 amide bonds. The summed E-state index contributed by atoms with van der Waals surface area (Å²) in [6, 6.07) is 16.7. The highest BCUT2D eigenvalue weighted by atomic mass is 19.1. The molecule has 2 aliphatic heterocycles. The lowest BCUT2D eigenvalue weighted by molar-refractivity contribution is 0.0557. The van der Waals surface area contributed by atoms with Gasteiger partial charge in [-0.2, -0.15) is 0 Å². The summed E-state index contributed by atoms with van der Waals surface area (Å²) in [7, 11) is 0. The molecular weight excluding hydrogens is 513 g/mol. The molecule has 208 valence electrons. The van der Waals surface area contributed by atoms with E-state index in [-0.39, 0.29) is 42.2 Å². The number of likely N-dealkylation sites (tertiary alicyclic amines) is 1. The summed E-state index contributed by atoms with van der Waals surface area (Å²) >= 11 is 0. The molecule has 0 aliphatic carbocycles. The van der Waals surface area contributed by atoms with Gasteiger partial charge in [-0.05, 0) is 48.4 Å². The number of hydrogen-bond donors (Lipinski definition) is 3. The smallest absolute Gasteiger partial charge is 0.317 e. The van der Waals surface area contributed by atoms with Gasteiger partial charge >= 0.3 is 6.03 Å². The number of phenolic OH excluding ortho intramolecular Hbond substituents is 2. The van der Waals surface area contributed by atoms with Crippen molar-refractivity contribution in [3.8, 4) is 11.5 Å². The van der Waals surface area contributed by atoms with Gasteiger partial charge in [0.05, 0.1) is 0 Å². The molecule has 8 nitrogen and oxygen atoms in total. The van der Waals surface area contributed by atoms with Crippen molar-refractivity contribution in [2.75, 3.05) is 39.3 Å². The number of nitrogens with zero attached hydrogens (tertiary/aromatic N) is 2. The molecule has 0 radical (unpaired) electrons. The fraction of sp³-hybridized carbons (Fsp3) is 0.323. The number of ketones is 2. The monoisotopic (exact) mass is 545 g/mol. The summed E-state index contributed by atoms with van der Waals surface area (Å²) in [4.78, 5) is 44.0. The van der Waals surface area contributed by atoms with E-state index >= 15 is 0 Å². The first-order chi connectivity index (χ1) is 19.2. The number of Topliss-reactive ketones (excluding diaryl/α,β-unsaturated/α-hetero) is 2. The lowest BCUT2D eigenvalue weighted by Crippen LogP contribution is -2.52. The molecule has 40 heavy (non-hydrogen) atoms. The van der Waals surface area contributed by atoms with Crippen LogP contribution in [0.3, 0.4) is 0 Å². The summed E-state index contributed by atoms with van der Waals surface area (Å²) in [5.41, 5.74) is 1.55. The maximum Gasteiger partial charge on any atom is 0.317 e. The van der Waals surface area contributed by atoms with Gasteiger partial charge in [0.1, 0.15) is 17.3 Å². The highest BCUT2D eigenvalue weighted by Gasteiger charge is 2.45. The van der Waals surface area contributed by atoms with Crippen molar-refractivity contribution in [3.05, 3.63) is 94.8 Å². The summed E-state index contributed by atoms with van der Waals surface area (Å²) in [5, 5.41) is 23.0. The molecule has 3 aromatic carbocycles. The van der Waals surface area contributed by atoms with Crippen LogP contribution in [0.5, 0.6) is 11.5 Å². The molecule has 2 heterocycles. The Bertz CT molecular complexity index is 1380. The molecule has 0 saturated carbocycles. The van der Waals surface area contributed by atoms with E-state index in [1.54, 1.807) is 48.2 Å². The average molecular weight is 546 g/mol. The minimum Gasteiger partial charge on any atom is -0.508 e. The molecule has 5 rings (SSSR count). The van der Waals surface area contributed by atoms with Gasteiger partial charge in [-0.3, -0.25) is 9.59 Å². The number of piperidine rings is 1. The van der Waals surface area contributed by atoms with Crippen molar-refractivity contribution in [2.45, 2.75) is 12.8 Å². The Labute approximate surface area is 232 Å². The molecule has 3 aromatic rings. The molecule has 0 aromatic heterocycles. The van der Waals surface area contributed by atoms with Crippen molar-refractivity contribution in [1.82, 2.24) is 15.1 Å². The highest BCUT2D eigenvalue weighted by molar-refractivity contribution is 6.02.